The van der Waals surface area contributed by atoms with Crippen molar-refractivity contribution in [1.82, 2.24) is 9.96 Å². The van der Waals surface area contributed by atoms with Gasteiger partial charge in [-0.05, 0) is 51.8 Å². The first-order valence-electron chi connectivity index (χ1n) is 5.64. The Hall–Kier alpha value is 0.140. The Bertz CT molecular complexity index is 408. The number of nitrogens with zero attached hydrogens (tertiary/aromatic N) is 2. The van der Waals surface area contributed by atoms with Gasteiger partial charge in [-0.2, -0.15) is 13.5 Å². The molecule has 1 atom stereocenters. The molecule has 0 radical (unpaired) electrons. The topological polar surface area (TPSA) is 70.1 Å². The molecule has 0 aromatic carbocycles. The van der Waals surface area contributed by atoms with E-state index in [1.54, 1.807) is 0 Å². The molecule has 0 bridgehead atoms. The first kappa shape index (κ1) is 16.2. The van der Waals surface area contributed by atoms with Crippen LogP contribution >= 0.6 is 10.8 Å². The molecule has 1 N–H and O–H groups in total. The molecule has 18 heavy (non-hydrogen) atoms. The quantitative estimate of drug-likeness (QED) is 0.780. The van der Waals surface area contributed by atoms with Crippen molar-refractivity contribution in [2.24, 2.45) is 0 Å². The van der Waals surface area contributed by atoms with Gasteiger partial charge in [-0.25, -0.2) is 0 Å². The van der Waals surface area contributed by atoms with Gasteiger partial charge in [0.25, 0.3) is 0 Å². The Morgan fingerprint density at radius 3 is 2.17 bits per heavy atom. The summed E-state index contributed by atoms with van der Waals surface area (Å²) in [5.41, 5.74) is -1.16. The second-order valence-electron chi connectivity index (χ2n) is 5.45. The van der Waals surface area contributed by atoms with Crippen molar-refractivity contribution < 1.29 is 17.8 Å². The number of hydrogen-bond acceptors (Lipinski definition) is 7. The molecular weight excluding hydrogens is 276 g/mol. The maximum atomic E-state index is 11.4. The summed E-state index contributed by atoms with van der Waals surface area (Å²) in [5.74, 6) is 0. The first-order valence-corrected chi connectivity index (χ1v) is 8.79. The Kier molecular flexibility index (Phi) is 4.42. The van der Waals surface area contributed by atoms with E-state index in [0.29, 0.717) is 10.8 Å². The molecule has 1 fully saturated rings. The van der Waals surface area contributed by atoms with Crippen LogP contribution in [0.25, 0.3) is 0 Å². The predicted octanol–water partition coefficient (Wildman–Crippen LogP) is 1.13. The zero-order valence-corrected chi connectivity index (χ0v) is 13.3. The highest BCUT2D eigenvalue weighted by molar-refractivity contribution is 8.70. The van der Waals surface area contributed by atoms with Crippen LogP contribution in [0.3, 0.4) is 0 Å². The Morgan fingerprint density at radius 1 is 1.33 bits per heavy atom. The zero-order valence-electron chi connectivity index (χ0n) is 11.7. The molecule has 6 nitrogen and oxygen atoms in total. The van der Waals surface area contributed by atoms with E-state index in [1.807, 2.05) is 39.6 Å². The SMILES string of the molecule is CSS(=O)(=O)OCC1N(C)C(C)(C)N(O)C1(C)C. The highest BCUT2D eigenvalue weighted by atomic mass is 33.1. The fourth-order valence-corrected chi connectivity index (χ4v) is 3.21. The molecule has 1 rings (SSSR count). The number of likely N-dealkylation sites (N-methyl/N-ethyl adjacent to an activating group) is 1. The third-order valence-electron chi connectivity index (χ3n) is 3.78. The second kappa shape index (κ2) is 4.92. The molecule has 1 aliphatic rings. The van der Waals surface area contributed by atoms with Crippen LogP contribution in [0.4, 0.5) is 0 Å². The van der Waals surface area contributed by atoms with Gasteiger partial charge in [0.15, 0.2) is 0 Å². The van der Waals surface area contributed by atoms with E-state index >= 15 is 0 Å². The number of rotatable bonds is 4. The molecule has 108 valence electrons. The van der Waals surface area contributed by atoms with Crippen LogP contribution in [0.2, 0.25) is 0 Å². The van der Waals surface area contributed by atoms with Gasteiger partial charge >= 0.3 is 9.15 Å². The third-order valence-corrected chi connectivity index (χ3v) is 6.13. The highest BCUT2D eigenvalue weighted by Gasteiger charge is 2.55. The van der Waals surface area contributed by atoms with Gasteiger partial charge in [0.05, 0.1) is 23.9 Å². The van der Waals surface area contributed by atoms with E-state index in [-0.39, 0.29) is 12.6 Å². The smallest absolute Gasteiger partial charge is 0.312 e. The average Bonchev–Trinajstić information content (AvgIpc) is 2.37. The molecule has 1 unspecified atom stereocenters. The van der Waals surface area contributed by atoms with E-state index in [0.717, 1.165) is 0 Å². The Balaban J connectivity index is 2.89. The normalized spacial score (nSPS) is 28.7. The Labute approximate surface area is 113 Å². The third kappa shape index (κ3) is 2.68. The molecule has 0 spiro atoms. The van der Waals surface area contributed by atoms with Crippen LogP contribution in [0.1, 0.15) is 27.7 Å². The van der Waals surface area contributed by atoms with Crippen molar-refractivity contribution in [3.8, 4) is 0 Å². The van der Waals surface area contributed by atoms with Gasteiger partial charge in [-0.3, -0.25) is 9.08 Å². The molecule has 1 aliphatic heterocycles. The summed E-state index contributed by atoms with van der Waals surface area (Å²) < 4.78 is 27.7. The summed E-state index contributed by atoms with van der Waals surface area (Å²) in [6.07, 6.45) is 1.46. The van der Waals surface area contributed by atoms with Gasteiger partial charge in [-0.1, -0.05) is 0 Å². The lowest BCUT2D eigenvalue weighted by atomic mass is 9.97. The maximum Gasteiger partial charge on any atom is 0.321 e. The minimum atomic E-state index is -3.55. The molecule has 0 amide bonds. The van der Waals surface area contributed by atoms with E-state index in [9.17, 15) is 13.6 Å². The highest BCUT2D eigenvalue weighted by Crippen LogP contribution is 2.39. The number of hydroxylamine groups is 2. The lowest BCUT2D eigenvalue weighted by Crippen LogP contribution is -2.49. The van der Waals surface area contributed by atoms with E-state index < -0.39 is 20.4 Å². The summed E-state index contributed by atoms with van der Waals surface area (Å²) in [6, 6.07) is -0.223. The molecule has 0 aromatic heterocycles. The van der Waals surface area contributed by atoms with Gasteiger partial charge in [0.1, 0.15) is 0 Å². The van der Waals surface area contributed by atoms with Crippen LogP contribution in [0.15, 0.2) is 0 Å². The minimum Gasteiger partial charge on any atom is -0.312 e. The van der Waals surface area contributed by atoms with Crippen molar-refractivity contribution in [3.63, 3.8) is 0 Å². The molecule has 1 saturated heterocycles. The largest absolute Gasteiger partial charge is 0.321 e. The van der Waals surface area contributed by atoms with Gasteiger partial charge < -0.3 is 5.21 Å². The minimum absolute atomic E-state index is 0.0210. The van der Waals surface area contributed by atoms with Crippen LogP contribution in [-0.4, -0.2) is 60.7 Å². The van der Waals surface area contributed by atoms with Crippen LogP contribution in [0.5, 0.6) is 0 Å². The molecule has 8 heteroatoms. The van der Waals surface area contributed by atoms with E-state index in [2.05, 4.69) is 0 Å². The molecular formula is C10H22N2O4S2. The zero-order chi connectivity index (χ0) is 14.4. The summed E-state index contributed by atoms with van der Waals surface area (Å²) in [7, 11) is -1.03. The molecule has 1 heterocycles. The Morgan fingerprint density at radius 2 is 1.83 bits per heavy atom. The molecule has 0 saturated carbocycles. The van der Waals surface area contributed by atoms with E-state index in [4.69, 9.17) is 4.18 Å². The van der Waals surface area contributed by atoms with Crippen molar-refractivity contribution in [2.75, 3.05) is 19.9 Å². The first-order chi connectivity index (χ1) is 7.97. The summed E-state index contributed by atoms with van der Waals surface area (Å²) >= 11 is 0. The standard InChI is InChI=1S/C10H22N2O4S2/c1-9(2)8(7-16-18(14,15)17-6)11(5)10(3,4)12(9)13/h8,13H,7H2,1-6H3. The summed E-state index contributed by atoms with van der Waals surface area (Å²) in [4.78, 5) is 1.92. The van der Waals surface area contributed by atoms with Gasteiger partial charge in [0, 0.05) is 0 Å². The fourth-order valence-electron chi connectivity index (χ4n) is 2.36. The van der Waals surface area contributed by atoms with Gasteiger partial charge in [-0.15, -0.1) is 0 Å². The van der Waals surface area contributed by atoms with E-state index in [1.165, 1.54) is 11.3 Å². The average molecular weight is 298 g/mol. The molecule has 0 aromatic rings. The number of hydrogen-bond donors (Lipinski definition) is 1. The fraction of sp³-hybridized carbons (Fsp3) is 1.00. The second-order valence-corrected chi connectivity index (χ2v) is 9.06. The van der Waals surface area contributed by atoms with Crippen molar-refractivity contribution in [2.45, 2.75) is 44.9 Å². The maximum absolute atomic E-state index is 11.4. The van der Waals surface area contributed by atoms with Crippen molar-refractivity contribution >= 4 is 19.9 Å². The lowest BCUT2D eigenvalue weighted by molar-refractivity contribution is -0.208. The van der Waals surface area contributed by atoms with Crippen LogP contribution in [-0.2, 0) is 13.3 Å². The summed E-state index contributed by atoms with van der Waals surface area (Å²) in [6.45, 7) is 7.48. The van der Waals surface area contributed by atoms with Crippen LogP contribution in [0, 0.1) is 0 Å². The predicted molar refractivity (Wildman–Crippen MR) is 71.7 cm³/mol. The lowest BCUT2D eigenvalue weighted by Gasteiger charge is -2.34. The monoisotopic (exact) mass is 298 g/mol. The van der Waals surface area contributed by atoms with Crippen LogP contribution < -0.4 is 0 Å². The van der Waals surface area contributed by atoms with Gasteiger partial charge in [0.2, 0.25) is 0 Å². The molecule has 0 aliphatic carbocycles. The summed E-state index contributed by atoms with van der Waals surface area (Å²) in [5, 5.41) is 11.4. The van der Waals surface area contributed by atoms with Crippen molar-refractivity contribution in [3.05, 3.63) is 0 Å². The van der Waals surface area contributed by atoms with Crippen molar-refractivity contribution in [1.29, 1.82) is 0 Å².